The van der Waals surface area contributed by atoms with E-state index in [2.05, 4.69) is 42.7 Å². The number of benzene rings is 2. The van der Waals surface area contributed by atoms with Gasteiger partial charge in [0.05, 0.1) is 29.4 Å². The third kappa shape index (κ3) is 4.94. The molecule has 0 bridgehead atoms. The molecule has 0 fully saturated rings. The van der Waals surface area contributed by atoms with Gasteiger partial charge in [-0.15, -0.1) is 0 Å². The summed E-state index contributed by atoms with van der Waals surface area (Å²) in [6.45, 7) is 6.18. The monoisotopic (exact) mass is 376 g/mol. The molecule has 4 nitrogen and oxygen atoms in total. The lowest BCUT2D eigenvalue weighted by atomic mass is 10.0. The second-order valence-electron chi connectivity index (χ2n) is 5.87. The number of esters is 1. The minimum absolute atomic E-state index is 0.0307. The van der Waals surface area contributed by atoms with Crippen LogP contribution in [0, 0.1) is 13.8 Å². The summed E-state index contributed by atoms with van der Waals surface area (Å²) < 4.78 is 4.72. The van der Waals surface area contributed by atoms with Crippen molar-refractivity contribution in [2.75, 3.05) is 12.4 Å². The minimum atomic E-state index is -0.428. The average molecular weight is 377 g/mol. The van der Waals surface area contributed by atoms with Crippen molar-refractivity contribution in [2.24, 2.45) is 0 Å². The Morgan fingerprint density at radius 1 is 1.20 bits per heavy atom. The number of carbonyl (C=O) groups is 1. The summed E-state index contributed by atoms with van der Waals surface area (Å²) in [6.07, 6.45) is 0. The van der Waals surface area contributed by atoms with Gasteiger partial charge in [-0.05, 0) is 62.3 Å². The first-order chi connectivity index (χ1) is 11.8. The molecule has 2 N–H and O–H groups in total. The zero-order chi connectivity index (χ0) is 18.6. The zero-order valence-electron chi connectivity index (χ0n) is 14.6. The molecule has 0 amide bonds. The summed E-state index contributed by atoms with van der Waals surface area (Å²) in [5, 5.41) is 7.18. The Balaban J connectivity index is 2.10. The van der Waals surface area contributed by atoms with Crippen molar-refractivity contribution < 1.29 is 9.53 Å². The summed E-state index contributed by atoms with van der Waals surface area (Å²) in [5.74, 6) is -0.428. The lowest BCUT2D eigenvalue weighted by Crippen LogP contribution is -2.31. The first kappa shape index (κ1) is 19.2. The molecule has 1 atom stereocenters. The van der Waals surface area contributed by atoms with Gasteiger partial charge < -0.3 is 15.4 Å². The number of hydrogen-bond donors (Lipinski definition) is 2. The molecular weight excluding hydrogens is 356 g/mol. The molecule has 2 aromatic rings. The van der Waals surface area contributed by atoms with Gasteiger partial charge in [0.2, 0.25) is 0 Å². The maximum absolute atomic E-state index is 11.6. The standard InChI is InChI=1S/C19H21ClN2O2S/c1-11-5-7-15(12(2)9-11)13(3)21-19(25)22-17-10-14(18(23)24-4)6-8-16(17)20/h5-10,13H,1-4H3,(H2,21,22,25)/t13-/m1/s1. The van der Waals surface area contributed by atoms with Crippen molar-refractivity contribution >= 4 is 40.6 Å². The van der Waals surface area contributed by atoms with Gasteiger partial charge in [0.15, 0.2) is 5.11 Å². The number of anilines is 1. The summed E-state index contributed by atoms with van der Waals surface area (Å²) in [4.78, 5) is 11.6. The second-order valence-corrected chi connectivity index (χ2v) is 6.68. The summed E-state index contributed by atoms with van der Waals surface area (Å²) in [7, 11) is 1.34. The van der Waals surface area contributed by atoms with E-state index in [1.807, 2.05) is 6.92 Å². The third-order valence-corrected chi connectivity index (χ3v) is 4.42. The number of thiocarbonyl (C=S) groups is 1. The number of nitrogens with one attached hydrogen (secondary N) is 2. The number of aryl methyl sites for hydroxylation is 2. The Morgan fingerprint density at radius 2 is 1.92 bits per heavy atom. The normalized spacial score (nSPS) is 11.6. The lowest BCUT2D eigenvalue weighted by Gasteiger charge is -2.20. The number of ether oxygens (including phenoxy) is 1. The molecule has 0 aliphatic heterocycles. The molecule has 2 rings (SSSR count). The molecule has 25 heavy (non-hydrogen) atoms. The number of methoxy groups -OCH3 is 1. The zero-order valence-corrected chi connectivity index (χ0v) is 16.2. The molecule has 0 saturated heterocycles. The Bertz CT molecular complexity index is 808. The van der Waals surface area contributed by atoms with Crippen molar-refractivity contribution in [3.8, 4) is 0 Å². The molecule has 0 aliphatic rings. The molecule has 132 valence electrons. The SMILES string of the molecule is COC(=O)c1ccc(Cl)c(NC(=S)N[C@H](C)c2ccc(C)cc2C)c1. The maximum atomic E-state index is 11.6. The molecule has 0 unspecified atom stereocenters. The molecule has 6 heteroatoms. The minimum Gasteiger partial charge on any atom is -0.465 e. The van der Waals surface area contributed by atoms with Gasteiger partial charge in [0.1, 0.15) is 0 Å². The predicted octanol–water partition coefficient (Wildman–Crippen LogP) is 4.79. The number of hydrogen-bond acceptors (Lipinski definition) is 3. The fourth-order valence-corrected chi connectivity index (χ4v) is 3.06. The Kier molecular flexibility index (Phi) is 6.39. The van der Waals surface area contributed by atoms with Crippen LogP contribution < -0.4 is 10.6 Å². The Morgan fingerprint density at radius 3 is 2.56 bits per heavy atom. The Labute approximate surface area is 158 Å². The molecule has 0 aliphatic carbocycles. The number of rotatable bonds is 4. The van der Waals surface area contributed by atoms with E-state index < -0.39 is 5.97 Å². The van der Waals surface area contributed by atoms with Gasteiger partial charge in [-0.3, -0.25) is 0 Å². The van der Waals surface area contributed by atoms with Crippen LogP contribution in [0.15, 0.2) is 36.4 Å². The lowest BCUT2D eigenvalue weighted by molar-refractivity contribution is 0.0601. The van der Waals surface area contributed by atoms with E-state index >= 15 is 0 Å². The van der Waals surface area contributed by atoms with Gasteiger partial charge in [-0.25, -0.2) is 4.79 Å². The molecule has 0 radical (unpaired) electrons. The van der Waals surface area contributed by atoms with Gasteiger partial charge in [0.25, 0.3) is 0 Å². The van der Waals surface area contributed by atoms with Crippen LogP contribution in [0.4, 0.5) is 5.69 Å². The summed E-state index contributed by atoms with van der Waals surface area (Å²) >= 11 is 11.6. The van der Waals surface area contributed by atoms with Gasteiger partial charge in [0, 0.05) is 0 Å². The molecular formula is C19H21ClN2O2S. The fourth-order valence-electron chi connectivity index (χ4n) is 2.61. The predicted molar refractivity (Wildman–Crippen MR) is 106 cm³/mol. The Hall–Kier alpha value is -2.11. The van der Waals surface area contributed by atoms with E-state index in [1.165, 1.54) is 23.8 Å². The first-order valence-electron chi connectivity index (χ1n) is 7.84. The van der Waals surface area contributed by atoms with Crippen LogP contribution >= 0.6 is 23.8 Å². The highest BCUT2D eigenvalue weighted by molar-refractivity contribution is 7.80. The van der Waals surface area contributed by atoms with Gasteiger partial charge in [-0.2, -0.15) is 0 Å². The molecule has 0 spiro atoms. The van der Waals surface area contributed by atoms with Crippen molar-refractivity contribution in [3.05, 3.63) is 63.7 Å². The van der Waals surface area contributed by atoms with Gasteiger partial charge >= 0.3 is 5.97 Å². The molecule has 0 heterocycles. The third-order valence-electron chi connectivity index (χ3n) is 3.88. The van der Waals surface area contributed by atoms with Crippen molar-refractivity contribution in [1.29, 1.82) is 0 Å². The van der Waals surface area contributed by atoms with Crippen LogP contribution in [-0.2, 0) is 4.74 Å². The van der Waals surface area contributed by atoms with Crippen LogP contribution in [0.25, 0.3) is 0 Å². The van der Waals surface area contributed by atoms with E-state index in [0.29, 0.717) is 21.4 Å². The average Bonchev–Trinajstić information content (AvgIpc) is 2.55. The highest BCUT2D eigenvalue weighted by atomic mass is 35.5. The highest BCUT2D eigenvalue weighted by Gasteiger charge is 2.13. The van der Waals surface area contributed by atoms with E-state index in [-0.39, 0.29) is 6.04 Å². The fraction of sp³-hybridized carbons (Fsp3) is 0.263. The van der Waals surface area contributed by atoms with Crippen LogP contribution in [0.1, 0.15) is 40.0 Å². The molecule has 2 aromatic carbocycles. The molecule has 0 aromatic heterocycles. The van der Waals surface area contributed by atoms with E-state index in [4.69, 9.17) is 28.6 Å². The van der Waals surface area contributed by atoms with Crippen LogP contribution in [0.5, 0.6) is 0 Å². The van der Waals surface area contributed by atoms with Crippen molar-refractivity contribution in [2.45, 2.75) is 26.8 Å². The summed E-state index contributed by atoms with van der Waals surface area (Å²) in [5.41, 5.74) is 4.55. The number of halogens is 1. The van der Waals surface area contributed by atoms with Crippen molar-refractivity contribution in [1.82, 2.24) is 5.32 Å². The highest BCUT2D eigenvalue weighted by Crippen LogP contribution is 2.24. The van der Waals surface area contributed by atoms with E-state index in [0.717, 1.165) is 0 Å². The largest absolute Gasteiger partial charge is 0.465 e. The molecule has 0 saturated carbocycles. The van der Waals surface area contributed by atoms with Crippen LogP contribution in [-0.4, -0.2) is 18.2 Å². The van der Waals surface area contributed by atoms with Crippen LogP contribution in [0.3, 0.4) is 0 Å². The summed E-state index contributed by atoms with van der Waals surface area (Å²) in [6, 6.07) is 11.2. The maximum Gasteiger partial charge on any atom is 0.337 e. The van der Waals surface area contributed by atoms with Crippen LogP contribution in [0.2, 0.25) is 5.02 Å². The van der Waals surface area contributed by atoms with E-state index in [1.54, 1.807) is 18.2 Å². The smallest absolute Gasteiger partial charge is 0.337 e. The topological polar surface area (TPSA) is 50.4 Å². The number of carbonyl (C=O) groups excluding carboxylic acids is 1. The van der Waals surface area contributed by atoms with E-state index in [9.17, 15) is 4.79 Å². The first-order valence-corrected chi connectivity index (χ1v) is 8.63. The second kappa shape index (κ2) is 8.32. The quantitative estimate of drug-likeness (QED) is 0.593. The van der Waals surface area contributed by atoms with Gasteiger partial charge in [-0.1, -0.05) is 35.4 Å². The van der Waals surface area contributed by atoms with Crippen molar-refractivity contribution in [3.63, 3.8) is 0 Å².